The molecule has 0 saturated carbocycles. The number of thiol groups is 1. The molecule has 2 rings (SSSR count). The van der Waals surface area contributed by atoms with Gasteiger partial charge in [0.25, 0.3) is 0 Å². The van der Waals surface area contributed by atoms with Gasteiger partial charge in [0.15, 0.2) is 0 Å². The zero-order valence-corrected chi connectivity index (χ0v) is 10.7. The topological polar surface area (TPSA) is 0 Å². The summed E-state index contributed by atoms with van der Waals surface area (Å²) in [7, 11) is 0. The van der Waals surface area contributed by atoms with Gasteiger partial charge in [0, 0.05) is 15.2 Å². The van der Waals surface area contributed by atoms with Gasteiger partial charge in [-0.3, -0.25) is 0 Å². The fraction of sp³-hybridized carbons (Fsp3) is 0.231. The molecule has 0 aliphatic heterocycles. The van der Waals surface area contributed by atoms with Crippen LogP contribution in [-0.2, 0) is 6.42 Å². The van der Waals surface area contributed by atoms with Crippen LogP contribution in [0.5, 0.6) is 0 Å². The van der Waals surface area contributed by atoms with Crippen LogP contribution in [0, 0.1) is 6.92 Å². The lowest BCUT2D eigenvalue weighted by Crippen LogP contribution is -1.86. The highest BCUT2D eigenvalue weighted by atomic mass is 32.1. The summed E-state index contributed by atoms with van der Waals surface area (Å²) in [5.74, 6) is 0. The van der Waals surface area contributed by atoms with E-state index in [-0.39, 0.29) is 0 Å². The highest BCUT2D eigenvalue weighted by molar-refractivity contribution is 7.80. The van der Waals surface area contributed by atoms with Gasteiger partial charge in [-0.2, -0.15) is 0 Å². The lowest BCUT2D eigenvalue weighted by atomic mass is 10.0. The van der Waals surface area contributed by atoms with E-state index in [0.717, 1.165) is 11.3 Å². The first-order chi connectivity index (χ1) is 7.20. The zero-order valence-electron chi connectivity index (χ0n) is 8.95. The van der Waals surface area contributed by atoms with Gasteiger partial charge in [-0.15, -0.1) is 24.0 Å². The Morgan fingerprint density at radius 1 is 1.27 bits per heavy atom. The summed E-state index contributed by atoms with van der Waals surface area (Å²) in [6.45, 7) is 4.37. The molecule has 0 atom stereocenters. The quantitative estimate of drug-likeness (QED) is 0.723. The second-order valence-electron chi connectivity index (χ2n) is 3.66. The third-order valence-corrected chi connectivity index (χ3v) is 4.01. The predicted molar refractivity (Wildman–Crippen MR) is 71.1 cm³/mol. The molecule has 0 unspecified atom stereocenters. The molecule has 0 amide bonds. The molecule has 0 radical (unpaired) electrons. The summed E-state index contributed by atoms with van der Waals surface area (Å²) < 4.78 is 0. The molecule has 0 nitrogen and oxygen atoms in total. The molecular formula is C13H14S2. The first-order valence-corrected chi connectivity index (χ1v) is 6.41. The fourth-order valence-corrected chi connectivity index (χ4v) is 2.87. The molecule has 0 aliphatic carbocycles. The van der Waals surface area contributed by atoms with Crippen LogP contribution in [0.4, 0.5) is 0 Å². The molecule has 1 aromatic heterocycles. The summed E-state index contributed by atoms with van der Waals surface area (Å²) in [5.41, 5.74) is 4.11. The van der Waals surface area contributed by atoms with Crippen molar-refractivity contribution >= 4 is 24.0 Å². The smallest absolute Gasteiger partial charge is 0.0354 e. The fourth-order valence-electron chi connectivity index (χ4n) is 1.72. The minimum atomic E-state index is 1.05. The van der Waals surface area contributed by atoms with Crippen molar-refractivity contribution < 1.29 is 0 Å². The largest absolute Gasteiger partial charge is 0.143 e. The third-order valence-electron chi connectivity index (χ3n) is 2.59. The summed E-state index contributed by atoms with van der Waals surface area (Å²) in [6, 6.07) is 8.81. The molecule has 1 aromatic carbocycles. The number of hydrogen-bond donors (Lipinski definition) is 1. The molecule has 2 aromatic rings. The van der Waals surface area contributed by atoms with E-state index in [2.05, 4.69) is 56.1 Å². The Hall–Kier alpha value is -0.730. The molecule has 0 fully saturated rings. The lowest BCUT2D eigenvalue weighted by molar-refractivity contribution is 1.11. The van der Waals surface area contributed by atoms with E-state index in [4.69, 9.17) is 0 Å². The number of thiophene rings is 1. The van der Waals surface area contributed by atoms with Crippen LogP contribution in [0.15, 0.2) is 34.5 Å². The van der Waals surface area contributed by atoms with Gasteiger partial charge < -0.3 is 0 Å². The van der Waals surface area contributed by atoms with E-state index >= 15 is 0 Å². The summed E-state index contributed by atoms with van der Waals surface area (Å²) in [5, 5.41) is 2.07. The molecular weight excluding hydrogens is 220 g/mol. The van der Waals surface area contributed by atoms with Crippen molar-refractivity contribution in [3.63, 3.8) is 0 Å². The molecule has 78 valence electrons. The Morgan fingerprint density at radius 3 is 2.60 bits per heavy atom. The number of aryl methyl sites for hydroxylation is 2. The van der Waals surface area contributed by atoms with Crippen molar-refractivity contribution in [1.29, 1.82) is 0 Å². The molecule has 0 aliphatic rings. The summed E-state index contributed by atoms with van der Waals surface area (Å²) >= 11 is 6.08. The van der Waals surface area contributed by atoms with Gasteiger partial charge in [-0.25, -0.2) is 0 Å². The maximum atomic E-state index is 4.33. The third kappa shape index (κ3) is 2.27. The van der Waals surface area contributed by atoms with Crippen LogP contribution >= 0.6 is 24.0 Å². The van der Waals surface area contributed by atoms with Gasteiger partial charge in [-0.1, -0.05) is 25.1 Å². The van der Waals surface area contributed by atoms with Gasteiger partial charge in [-0.05, 0) is 36.1 Å². The number of benzene rings is 1. The first-order valence-electron chi connectivity index (χ1n) is 5.08. The Kier molecular flexibility index (Phi) is 3.17. The number of rotatable bonds is 2. The van der Waals surface area contributed by atoms with Crippen LogP contribution in [-0.4, -0.2) is 0 Å². The minimum Gasteiger partial charge on any atom is -0.143 e. The van der Waals surface area contributed by atoms with E-state index in [1.807, 2.05) is 0 Å². The molecule has 1 heterocycles. The SMILES string of the molecule is CCc1ccc(-c2cc(S)cs2)cc1C. The Labute approximate surface area is 100 Å². The predicted octanol–water partition coefficient (Wildman–Crippen LogP) is 4.57. The summed E-state index contributed by atoms with van der Waals surface area (Å²) in [4.78, 5) is 2.35. The van der Waals surface area contributed by atoms with Crippen molar-refractivity contribution in [3.8, 4) is 10.4 Å². The van der Waals surface area contributed by atoms with Gasteiger partial charge in [0.1, 0.15) is 0 Å². The van der Waals surface area contributed by atoms with Crippen LogP contribution in [0.3, 0.4) is 0 Å². The average Bonchev–Trinajstić information content (AvgIpc) is 2.65. The van der Waals surface area contributed by atoms with E-state index in [1.165, 1.54) is 21.6 Å². The molecule has 0 spiro atoms. The first kappa shape index (κ1) is 10.8. The molecule has 0 bridgehead atoms. The normalized spacial score (nSPS) is 10.6. The standard InChI is InChI=1S/C13H14S2/c1-3-10-4-5-11(6-9(10)2)13-7-12(14)8-15-13/h4-8,14H,3H2,1-2H3. The van der Waals surface area contributed by atoms with Crippen LogP contribution in [0.2, 0.25) is 0 Å². The second-order valence-corrected chi connectivity index (χ2v) is 5.09. The highest BCUT2D eigenvalue weighted by Gasteiger charge is 2.03. The van der Waals surface area contributed by atoms with Gasteiger partial charge >= 0.3 is 0 Å². The van der Waals surface area contributed by atoms with Gasteiger partial charge in [0.2, 0.25) is 0 Å². The van der Waals surface area contributed by atoms with Crippen LogP contribution in [0.1, 0.15) is 18.1 Å². The minimum absolute atomic E-state index is 1.05. The molecule has 0 saturated heterocycles. The van der Waals surface area contributed by atoms with E-state index < -0.39 is 0 Å². The van der Waals surface area contributed by atoms with Crippen molar-refractivity contribution in [2.24, 2.45) is 0 Å². The van der Waals surface area contributed by atoms with Crippen molar-refractivity contribution in [2.75, 3.05) is 0 Å². The number of hydrogen-bond acceptors (Lipinski definition) is 2. The highest BCUT2D eigenvalue weighted by Crippen LogP contribution is 2.30. The Morgan fingerprint density at radius 2 is 2.07 bits per heavy atom. The maximum absolute atomic E-state index is 4.33. The van der Waals surface area contributed by atoms with Crippen molar-refractivity contribution in [3.05, 3.63) is 40.8 Å². The lowest BCUT2D eigenvalue weighted by Gasteiger charge is -2.05. The zero-order chi connectivity index (χ0) is 10.8. The molecule has 0 N–H and O–H groups in total. The maximum Gasteiger partial charge on any atom is 0.0354 e. The Balaban J connectivity index is 2.42. The van der Waals surface area contributed by atoms with E-state index in [0.29, 0.717) is 0 Å². The van der Waals surface area contributed by atoms with Crippen molar-refractivity contribution in [1.82, 2.24) is 0 Å². The Bertz CT molecular complexity index is 469. The summed E-state index contributed by atoms with van der Waals surface area (Å²) in [6.07, 6.45) is 1.11. The second kappa shape index (κ2) is 4.42. The monoisotopic (exact) mass is 234 g/mol. The van der Waals surface area contributed by atoms with Crippen molar-refractivity contribution in [2.45, 2.75) is 25.2 Å². The molecule has 15 heavy (non-hydrogen) atoms. The van der Waals surface area contributed by atoms with Crippen LogP contribution in [0.25, 0.3) is 10.4 Å². The van der Waals surface area contributed by atoms with Gasteiger partial charge in [0.05, 0.1) is 0 Å². The van der Waals surface area contributed by atoms with Crippen LogP contribution < -0.4 is 0 Å². The van der Waals surface area contributed by atoms with E-state index in [9.17, 15) is 0 Å². The van der Waals surface area contributed by atoms with E-state index in [1.54, 1.807) is 11.3 Å². The molecule has 2 heteroatoms. The average molecular weight is 234 g/mol.